The van der Waals surface area contributed by atoms with Crippen LogP contribution in [0, 0.1) is 6.92 Å². The zero-order valence-electron chi connectivity index (χ0n) is 21.1. The summed E-state index contributed by atoms with van der Waals surface area (Å²) in [6.07, 6.45) is 5.91. The highest BCUT2D eigenvalue weighted by atomic mass is 16.5. The fraction of sp³-hybridized carbons (Fsp3) is 0.355. The molecule has 0 aliphatic heterocycles. The Hall–Kier alpha value is -3.60. The number of benzene rings is 3. The van der Waals surface area contributed by atoms with Gasteiger partial charge in [0.25, 0.3) is 5.91 Å². The Morgan fingerprint density at radius 1 is 0.889 bits per heavy atom. The molecule has 0 aromatic heterocycles. The molecular weight excluding hydrogens is 448 g/mol. The molecule has 5 nitrogen and oxygen atoms in total. The van der Waals surface area contributed by atoms with Gasteiger partial charge in [-0.25, -0.2) is 0 Å². The first-order valence-corrected chi connectivity index (χ1v) is 13.0. The van der Waals surface area contributed by atoms with E-state index < -0.39 is 6.04 Å². The fourth-order valence-electron chi connectivity index (χ4n) is 4.81. The lowest BCUT2D eigenvalue weighted by molar-refractivity contribution is -0.143. The van der Waals surface area contributed by atoms with E-state index in [0.29, 0.717) is 18.7 Å². The minimum absolute atomic E-state index is 0.0920. The van der Waals surface area contributed by atoms with Gasteiger partial charge >= 0.3 is 0 Å². The van der Waals surface area contributed by atoms with Crippen LogP contribution in [-0.2, 0) is 22.6 Å². The van der Waals surface area contributed by atoms with Gasteiger partial charge in [0, 0.05) is 19.0 Å². The topological polar surface area (TPSA) is 58.6 Å². The van der Waals surface area contributed by atoms with E-state index in [1.807, 2.05) is 91.9 Å². The lowest BCUT2D eigenvalue weighted by Crippen LogP contribution is -2.53. The van der Waals surface area contributed by atoms with Crippen molar-refractivity contribution >= 4 is 11.8 Å². The Labute approximate surface area is 214 Å². The first kappa shape index (κ1) is 25.5. The maximum absolute atomic E-state index is 13.7. The van der Waals surface area contributed by atoms with Crippen LogP contribution in [0.1, 0.15) is 48.8 Å². The summed E-state index contributed by atoms with van der Waals surface area (Å²) >= 11 is 0. The van der Waals surface area contributed by atoms with Crippen LogP contribution >= 0.6 is 0 Å². The molecule has 1 N–H and O–H groups in total. The number of hydrogen-bond donors (Lipinski definition) is 1. The minimum atomic E-state index is -0.636. The summed E-state index contributed by atoms with van der Waals surface area (Å²) in [5, 5.41) is 3.27. The van der Waals surface area contributed by atoms with Crippen molar-refractivity contribution in [1.29, 1.82) is 0 Å². The number of carbonyl (C=O) groups excluding carboxylic acids is 2. The van der Waals surface area contributed by atoms with Gasteiger partial charge in [-0.05, 0) is 48.6 Å². The van der Waals surface area contributed by atoms with Crippen molar-refractivity contribution in [3.63, 3.8) is 0 Å². The molecule has 1 aliphatic carbocycles. The highest BCUT2D eigenvalue weighted by Gasteiger charge is 2.32. The smallest absolute Gasteiger partial charge is 0.261 e. The average molecular weight is 485 g/mol. The molecule has 0 spiro atoms. The van der Waals surface area contributed by atoms with Gasteiger partial charge in [-0.2, -0.15) is 0 Å². The summed E-state index contributed by atoms with van der Waals surface area (Å²) < 4.78 is 5.87. The predicted molar refractivity (Wildman–Crippen MR) is 143 cm³/mol. The fourth-order valence-corrected chi connectivity index (χ4v) is 4.81. The third-order valence-corrected chi connectivity index (χ3v) is 6.77. The molecule has 0 bridgehead atoms. The molecule has 4 rings (SSSR count). The second kappa shape index (κ2) is 12.9. The minimum Gasteiger partial charge on any atom is -0.484 e. The highest BCUT2D eigenvalue weighted by molar-refractivity contribution is 5.88. The molecule has 1 fully saturated rings. The normalized spacial score (nSPS) is 14.6. The lowest BCUT2D eigenvalue weighted by atomic mass is 9.94. The quantitative estimate of drug-likeness (QED) is 0.416. The van der Waals surface area contributed by atoms with E-state index >= 15 is 0 Å². The molecule has 0 heterocycles. The van der Waals surface area contributed by atoms with Crippen molar-refractivity contribution in [3.05, 3.63) is 102 Å². The number of carbonyl (C=O) groups is 2. The summed E-state index contributed by atoms with van der Waals surface area (Å²) in [4.78, 5) is 29.1. The zero-order chi connectivity index (χ0) is 25.2. The number of rotatable bonds is 10. The largest absolute Gasteiger partial charge is 0.484 e. The Kier molecular flexibility index (Phi) is 9.15. The summed E-state index contributed by atoms with van der Waals surface area (Å²) in [5.41, 5.74) is 3.06. The molecule has 2 amide bonds. The van der Waals surface area contributed by atoms with Gasteiger partial charge in [0.15, 0.2) is 6.61 Å². The lowest BCUT2D eigenvalue weighted by Gasteiger charge is -2.33. The van der Waals surface area contributed by atoms with Gasteiger partial charge in [-0.1, -0.05) is 92.1 Å². The zero-order valence-corrected chi connectivity index (χ0v) is 21.1. The molecule has 3 aromatic carbocycles. The van der Waals surface area contributed by atoms with Gasteiger partial charge in [0.2, 0.25) is 5.91 Å². The maximum Gasteiger partial charge on any atom is 0.261 e. The Morgan fingerprint density at radius 2 is 1.56 bits per heavy atom. The van der Waals surface area contributed by atoms with Gasteiger partial charge in [0.1, 0.15) is 11.8 Å². The van der Waals surface area contributed by atoms with Crippen LogP contribution in [0.5, 0.6) is 5.75 Å². The Morgan fingerprint density at radius 3 is 2.22 bits per heavy atom. The highest BCUT2D eigenvalue weighted by Crippen LogP contribution is 2.20. The van der Waals surface area contributed by atoms with Crippen LogP contribution < -0.4 is 10.1 Å². The molecule has 1 atom stereocenters. The van der Waals surface area contributed by atoms with Crippen LogP contribution in [0.4, 0.5) is 0 Å². The van der Waals surface area contributed by atoms with E-state index in [4.69, 9.17) is 4.74 Å². The third kappa shape index (κ3) is 7.45. The van der Waals surface area contributed by atoms with Crippen LogP contribution in [-0.4, -0.2) is 35.4 Å². The summed E-state index contributed by atoms with van der Waals surface area (Å²) in [6.45, 7) is 2.20. The molecule has 1 unspecified atom stereocenters. The van der Waals surface area contributed by atoms with E-state index in [1.165, 1.54) is 6.42 Å². The van der Waals surface area contributed by atoms with E-state index in [-0.39, 0.29) is 24.5 Å². The van der Waals surface area contributed by atoms with Gasteiger partial charge < -0.3 is 15.0 Å². The van der Waals surface area contributed by atoms with E-state index in [9.17, 15) is 9.59 Å². The van der Waals surface area contributed by atoms with Crippen LogP contribution in [0.2, 0.25) is 0 Å². The molecule has 1 aliphatic rings. The SMILES string of the molecule is Cc1cccc(OCC(=O)N(Cc2ccccc2)C(Cc2ccccc2)C(=O)NC2CCCCC2)c1. The number of ether oxygens (including phenoxy) is 1. The monoisotopic (exact) mass is 484 g/mol. The van der Waals surface area contributed by atoms with E-state index in [2.05, 4.69) is 5.32 Å². The Bertz CT molecular complexity index is 1110. The molecule has 0 radical (unpaired) electrons. The van der Waals surface area contributed by atoms with Crippen LogP contribution in [0.15, 0.2) is 84.9 Å². The van der Waals surface area contributed by atoms with Crippen molar-refractivity contribution in [2.75, 3.05) is 6.61 Å². The molecule has 3 aromatic rings. The maximum atomic E-state index is 13.7. The van der Waals surface area contributed by atoms with Gasteiger partial charge in [-0.15, -0.1) is 0 Å². The van der Waals surface area contributed by atoms with Crippen molar-refractivity contribution < 1.29 is 14.3 Å². The first-order chi connectivity index (χ1) is 17.6. The second-order valence-electron chi connectivity index (χ2n) is 9.66. The van der Waals surface area contributed by atoms with Crippen molar-refractivity contribution in [1.82, 2.24) is 10.2 Å². The van der Waals surface area contributed by atoms with Crippen LogP contribution in [0.3, 0.4) is 0 Å². The third-order valence-electron chi connectivity index (χ3n) is 6.77. The van der Waals surface area contributed by atoms with Gasteiger partial charge in [-0.3, -0.25) is 9.59 Å². The van der Waals surface area contributed by atoms with E-state index in [1.54, 1.807) is 4.90 Å². The molecular formula is C31H36N2O3. The first-order valence-electron chi connectivity index (χ1n) is 13.0. The summed E-state index contributed by atoms with van der Waals surface area (Å²) in [6, 6.07) is 26.9. The number of nitrogens with one attached hydrogen (secondary N) is 1. The molecule has 5 heteroatoms. The molecule has 1 saturated carbocycles. The molecule has 36 heavy (non-hydrogen) atoms. The van der Waals surface area contributed by atoms with Crippen molar-refractivity contribution in [2.24, 2.45) is 0 Å². The number of hydrogen-bond acceptors (Lipinski definition) is 3. The van der Waals surface area contributed by atoms with E-state index in [0.717, 1.165) is 42.4 Å². The molecule has 188 valence electrons. The van der Waals surface area contributed by atoms with Crippen molar-refractivity contribution in [2.45, 2.75) is 64.1 Å². The molecule has 0 saturated heterocycles. The predicted octanol–water partition coefficient (Wildman–Crippen LogP) is 5.46. The van der Waals surface area contributed by atoms with Gasteiger partial charge in [0.05, 0.1) is 0 Å². The summed E-state index contributed by atoms with van der Waals surface area (Å²) in [7, 11) is 0. The van der Waals surface area contributed by atoms with Crippen molar-refractivity contribution in [3.8, 4) is 5.75 Å². The van der Waals surface area contributed by atoms with Crippen LogP contribution in [0.25, 0.3) is 0 Å². The number of nitrogens with zero attached hydrogens (tertiary/aromatic N) is 1. The summed E-state index contributed by atoms with van der Waals surface area (Å²) in [5.74, 6) is 0.347. The second-order valence-corrected chi connectivity index (χ2v) is 9.66. The average Bonchev–Trinajstić information content (AvgIpc) is 2.91. The standard InChI is InChI=1S/C31H36N2O3/c1-24-12-11-19-28(20-24)36-23-30(34)33(22-26-15-7-3-8-16-26)29(21-25-13-5-2-6-14-25)31(35)32-27-17-9-4-10-18-27/h2-3,5-8,11-16,19-20,27,29H,4,9-10,17-18,21-23H2,1H3,(H,32,35). The number of aryl methyl sites for hydroxylation is 1. The Balaban J connectivity index is 1.59. The number of amides is 2.